The average Bonchev–Trinajstić information content (AvgIpc) is 2.98. The topological polar surface area (TPSA) is 53.2 Å². The van der Waals surface area contributed by atoms with E-state index in [1.165, 1.54) is 0 Å². The number of hydrogen-bond donors (Lipinski definition) is 3. The Morgan fingerprint density at radius 3 is 2.55 bits per heavy atom. The molecule has 1 saturated heterocycles. The molecule has 1 aliphatic rings. The zero-order valence-electron chi connectivity index (χ0n) is 13.1. The normalized spacial score (nSPS) is 19.7. The van der Waals surface area contributed by atoms with E-state index in [0.717, 1.165) is 51.0 Å². The van der Waals surface area contributed by atoms with Gasteiger partial charge in [-0.05, 0) is 44.4 Å². The van der Waals surface area contributed by atoms with Crippen molar-refractivity contribution >= 4 is 36.4 Å². The number of hydrogen-bond acceptors (Lipinski definition) is 3. The van der Waals surface area contributed by atoms with Crippen LogP contribution in [0.25, 0.3) is 0 Å². The first kappa shape index (κ1) is 21.0. The number of carbonyl (C=O) groups is 1. The summed E-state index contributed by atoms with van der Waals surface area (Å²) >= 11 is 0. The van der Waals surface area contributed by atoms with E-state index in [9.17, 15) is 4.79 Å². The first-order chi connectivity index (χ1) is 9.77. The largest absolute Gasteiger partial charge is 0.385 e. The van der Waals surface area contributed by atoms with Gasteiger partial charge in [0.15, 0.2) is 0 Å². The summed E-state index contributed by atoms with van der Waals surface area (Å²) in [6.45, 7) is 4.63. The summed E-state index contributed by atoms with van der Waals surface area (Å²) in [6.07, 6.45) is 3.84. The van der Waals surface area contributed by atoms with Gasteiger partial charge in [0.2, 0.25) is 5.91 Å². The van der Waals surface area contributed by atoms with Gasteiger partial charge in [-0.1, -0.05) is 25.1 Å². The Labute approximate surface area is 145 Å². The Balaban J connectivity index is 0.00000220. The van der Waals surface area contributed by atoms with Crippen molar-refractivity contribution < 1.29 is 4.79 Å². The summed E-state index contributed by atoms with van der Waals surface area (Å²) in [4.78, 5) is 12.2. The molecule has 1 aromatic rings. The molecule has 126 valence electrons. The quantitative estimate of drug-likeness (QED) is 0.664. The van der Waals surface area contributed by atoms with E-state index < -0.39 is 0 Å². The zero-order valence-corrected chi connectivity index (χ0v) is 14.7. The molecule has 1 unspecified atom stereocenters. The number of anilines is 1. The SMILES string of the molecule is CCC1(C(=O)NCCCNc2ccccc2)CCCN1.Cl.Cl. The highest BCUT2D eigenvalue weighted by atomic mass is 35.5. The monoisotopic (exact) mass is 347 g/mol. The van der Waals surface area contributed by atoms with Crippen molar-refractivity contribution in [3.63, 3.8) is 0 Å². The molecule has 0 radical (unpaired) electrons. The predicted octanol–water partition coefficient (Wildman–Crippen LogP) is 2.98. The average molecular weight is 348 g/mol. The van der Waals surface area contributed by atoms with Gasteiger partial charge < -0.3 is 16.0 Å². The van der Waals surface area contributed by atoms with E-state index in [1.54, 1.807) is 0 Å². The molecule has 0 saturated carbocycles. The van der Waals surface area contributed by atoms with Crippen LogP contribution in [-0.2, 0) is 4.79 Å². The maximum atomic E-state index is 12.2. The van der Waals surface area contributed by atoms with Gasteiger partial charge in [0.1, 0.15) is 0 Å². The van der Waals surface area contributed by atoms with Gasteiger partial charge in [0.25, 0.3) is 0 Å². The molecule has 0 spiro atoms. The highest BCUT2D eigenvalue weighted by Crippen LogP contribution is 2.22. The van der Waals surface area contributed by atoms with Crippen LogP contribution in [-0.4, -0.2) is 31.1 Å². The number of nitrogens with one attached hydrogen (secondary N) is 3. The first-order valence-electron chi connectivity index (χ1n) is 7.59. The highest BCUT2D eigenvalue weighted by Gasteiger charge is 2.38. The van der Waals surface area contributed by atoms with E-state index in [-0.39, 0.29) is 36.3 Å². The smallest absolute Gasteiger partial charge is 0.240 e. The lowest BCUT2D eigenvalue weighted by Crippen LogP contribution is -2.53. The third kappa shape index (κ3) is 5.67. The standard InChI is InChI=1S/C16H25N3O.2ClH/c1-2-16(10-6-13-19-16)15(20)18-12-7-11-17-14-8-4-3-5-9-14;;/h3-5,8-9,17,19H,2,6-7,10-13H2,1H3,(H,18,20);2*1H. The highest BCUT2D eigenvalue weighted by molar-refractivity contribution is 5.86. The fraction of sp³-hybridized carbons (Fsp3) is 0.562. The van der Waals surface area contributed by atoms with Gasteiger partial charge in [0.05, 0.1) is 5.54 Å². The zero-order chi connectivity index (χ0) is 14.3. The number of amides is 1. The molecule has 3 N–H and O–H groups in total. The van der Waals surface area contributed by atoms with Crippen molar-refractivity contribution in [3.8, 4) is 0 Å². The minimum absolute atomic E-state index is 0. The molecule has 0 bridgehead atoms. The van der Waals surface area contributed by atoms with Crippen LogP contribution >= 0.6 is 24.8 Å². The Kier molecular flexibility index (Phi) is 10.2. The summed E-state index contributed by atoms with van der Waals surface area (Å²) in [6, 6.07) is 10.1. The van der Waals surface area contributed by atoms with Crippen LogP contribution in [0.2, 0.25) is 0 Å². The second-order valence-corrected chi connectivity index (χ2v) is 5.37. The Morgan fingerprint density at radius 2 is 1.95 bits per heavy atom. The molecule has 2 rings (SSSR count). The molecule has 0 aromatic heterocycles. The molecule has 1 aliphatic heterocycles. The minimum atomic E-state index is -0.313. The molecule has 1 fully saturated rings. The Hall–Kier alpha value is -0.970. The van der Waals surface area contributed by atoms with Crippen molar-refractivity contribution in [2.45, 2.75) is 38.1 Å². The summed E-state index contributed by atoms with van der Waals surface area (Å²) in [5, 5.41) is 9.76. The summed E-state index contributed by atoms with van der Waals surface area (Å²) < 4.78 is 0. The first-order valence-corrected chi connectivity index (χ1v) is 7.59. The second kappa shape index (κ2) is 10.7. The van der Waals surface area contributed by atoms with Crippen molar-refractivity contribution in [2.75, 3.05) is 25.0 Å². The molecule has 6 heteroatoms. The van der Waals surface area contributed by atoms with Crippen molar-refractivity contribution in [1.82, 2.24) is 10.6 Å². The number of halogens is 2. The lowest BCUT2D eigenvalue weighted by Gasteiger charge is -2.26. The maximum Gasteiger partial charge on any atom is 0.240 e. The van der Waals surface area contributed by atoms with Gasteiger partial charge >= 0.3 is 0 Å². The van der Waals surface area contributed by atoms with Gasteiger partial charge in [0, 0.05) is 18.8 Å². The van der Waals surface area contributed by atoms with Crippen LogP contribution in [0.4, 0.5) is 5.69 Å². The van der Waals surface area contributed by atoms with Gasteiger partial charge in [-0.2, -0.15) is 0 Å². The van der Waals surface area contributed by atoms with Gasteiger partial charge in [-0.3, -0.25) is 4.79 Å². The maximum absolute atomic E-state index is 12.2. The fourth-order valence-corrected chi connectivity index (χ4v) is 2.71. The summed E-state index contributed by atoms with van der Waals surface area (Å²) in [7, 11) is 0. The molecule has 0 aliphatic carbocycles. The van der Waals surface area contributed by atoms with Crippen molar-refractivity contribution in [3.05, 3.63) is 30.3 Å². The minimum Gasteiger partial charge on any atom is -0.385 e. The molecular formula is C16H27Cl2N3O. The number of carbonyl (C=O) groups excluding carboxylic acids is 1. The number of para-hydroxylation sites is 1. The van der Waals surface area contributed by atoms with Crippen LogP contribution in [0.3, 0.4) is 0 Å². The molecular weight excluding hydrogens is 321 g/mol. The predicted molar refractivity (Wildman–Crippen MR) is 97.3 cm³/mol. The lowest BCUT2D eigenvalue weighted by molar-refractivity contribution is -0.127. The third-order valence-corrected chi connectivity index (χ3v) is 4.02. The van der Waals surface area contributed by atoms with E-state index in [4.69, 9.17) is 0 Å². The van der Waals surface area contributed by atoms with Crippen LogP contribution in [0, 0.1) is 0 Å². The summed E-state index contributed by atoms with van der Waals surface area (Å²) in [5.74, 6) is 0.164. The van der Waals surface area contributed by atoms with Crippen LogP contribution in [0.1, 0.15) is 32.6 Å². The molecule has 22 heavy (non-hydrogen) atoms. The van der Waals surface area contributed by atoms with E-state index in [2.05, 4.69) is 22.9 Å². The van der Waals surface area contributed by atoms with E-state index >= 15 is 0 Å². The Bertz CT molecular complexity index is 423. The molecule has 1 atom stereocenters. The fourth-order valence-electron chi connectivity index (χ4n) is 2.71. The van der Waals surface area contributed by atoms with Crippen LogP contribution < -0.4 is 16.0 Å². The van der Waals surface area contributed by atoms with Crippen LogP contribution in [0.5, 0.6) is 0 Å². The second-order valence-electron chi connectivity index (χ2n) is 5.37. The van der Waals surface area contributed by atoms with Gasteiger partial charge in [-0.25, -0.2) is 0 Å². The number of benzene rings is 1. The number of rotatable bonds is 7. The molecule has 4 nitrogen and oxygen atoms in total. The molecule has 1 amide bonds. The van der Waals surface area contributed by atoms with E-state index in [0.29, 0.717) is 0 Å². The summed E-state index contributed by atoms with van der Waals surface area (Å²) in [5.41, 5.74) is 0.814. The Morgan fingerprint density at radius 1 is 1.23 bits per heavy atom. The van der Waals surface area contributed by atoms with Crippen molar-refractivity contribution in [2.24, 2.45) is 0 Å². The third-order valence-electron chi connectivity index (χ3n) is 4.02. The molecule has 1 heterocycles. The lowest BCUT2D eigenvalue weighted by atomic mass is 9.93. The molecule has 1 aromatic carbocycles. The van der Waals surface area contributed by atoms with Gasteiger partial charge in [-0.15, -0.1) is 24.8 Å². The van der Waals surface area contributed by atoms with E-state index in [1.807, 2.05) is 30.3 Å². The van der Waals surface area contributed by atoms with Crippen molar-refractivity contribution in [1.29, 1.82) is 0 Å². The van der Waals surface area contributed by atoms with Crippen LogP contribution in [0.15, 0.2) is 30.3 Å².